The Balaban J connectivity index is 1.42. The van der Waals surface area contributed by atoms with Crippen molar-refractivity contribution in [2.45, 2.75) is 19.4 Å². The number of carbonyl (C=O) groups excluding carboxylic acids is 2. The van der Waals surface area contributed by atoms with E-state index in [1.807, 2.05) is 44.4 Å². The van der Waals surface area contributed by atoms with Crippen molar-refractivity contribution in [3.63, 3.8) is 0 Å². The lowest BCUT2D eigenvalue weighted by atomic mass is 10.0. The number of amides is 2. The highest BCUT2D eigenvalue weighted by Crippen LogP contribution is 2.25. The molecule has 0 aromatic heterocycles. The zero-order valence-corrected chi connectivity index (χ0v) is 22.0. The number of benzene rings is 3. The van der Waals surface area contributed by atoms with Crippen molar-refractivity contribution in [2.24, 2.45) is 0 Å². The molecule has 1 unspecified atom stereocenters. The van der Waals surface area contributed by atoms with Gasteiger partial charge in [0.1, 0.15) is 0 Å². The lowest BCUT2D eigenvalue weighted by molar-refractivity contribution is -0.136. The Hall–Kier alpha value is -3.84. The van der Waals surface area contributed by atoms with Crippen molar-refractivity contribution < 1.29 is 9.59 Å². The molecule has 3 aromatic carbocycles. The first-order valence-corrected chi connectivity index (χ1v) is 12.9. The van der Waals surface area contributed by atoms with Crippen LogP contribution in [-0.4, -0.2) is 63.5 Å². The standard InChI is InChI=1S/C30H37N5O2/c1-4-23-10-14-25(15-11-23)32-30(37)29(36)31-22-28(24-12-16-26(17-13-24)33(2)3)35-20-18-34(19-21-35)27-8-6-5-7-9-27/h5-17,28H,4,18-22H2,1-3H3,(H,31,36)(H,32,37). The van der Waals surface area contributed by atoms with Crippen molar-refractivity contribution in [3.05, 3.63) is 90.0 Å². The fourth-order valence-electron chi connectivity index (χ4n) is 4.66. The number of carbonyl (C=O) groups is 2. The number of hydrogen-bond acceptors (Lipinski definition) is 5. The molecule has 1 aliphatic rings. The van der Waals surface area contributed by atoms with E-state index in [0.29, 0.717) is 12.2 Å². The summed E-state index contributed by atoms with van der Waals surface area (Å²) < 4.78 is 0. The first-order chi connectivity index (χ1) is 17.9. The van der Waals surface area contributed by atoms with Crippen LogP contribution >= 0.6 is 0 Å². The Morgan fingerprint density at radius 2 is 1.49 bits per heavy atom. The van der Waals surface area contributed by atoms with Crippen LogP contribution in [-0.2, 0) is 16.0 Å². The van der Waals surface area contributed by atoms with Gasteiger partial charge in [-0.1, -0.05) is 49.4 Å². The first-order valence-electron chi connectivity index (χ1n) is 12.9. The highest BCUT2D eigenvalue weighted by molar-refractivity contribution is 6.39. The van der Waals surface area contributed by atoms with E-state index in [2.05, 4.69) is 80.8 Å². The van der Waals surface area contributed by atoms with Crippen molar-refractivity contribution >= 4 is 28.9 Å². The van der Waals surface area contributed by atoms with Gasteiger partial charge in [0.15, 0.2) is 0 Å². The van der Waals surface area contributed by atoms with E-state index in [0.717, 1.165) is 43.9 Å². The zero-order valence-electron chi connectivity index (χ0n) is 22.0. The summed E-state index contributed by atoms with van der Waals surface area (Å²) in [7, 11) is 4.04. The number of rotatable bonds is 8. The molecule has 37 heavy (non-hydrogen) atoms. The second-order valence-electron chi connectivity index (χ2n) is 9.57. The molecule has 2 N–H and O–H groups in total. The molecule has 2 amide bonds. The average molecular weight is 500 g/mol. The predicted molar refractivity (Wildman–Crippen MR) is 151 cm³/mol. The van der Waals surface area contributed by atoms with Crippen LogP contribution in [0.1, 0.15) is 24.1 Å². The van der Waals surface area contributed by atoms with Crippen molar-refractivity contribution in [1.29, 1.82) is 0 Å². The molecule has 0 saturated carbocycles. The van der Waals surface area contributed by atoms with Crippen LogP contribution in [0.25, 0.3) is 0 Å². The largest absolute Gasteiger partial charge is 0.378 e. The smallest absolute Gasteiger partial charge is 0.313 e. The average Bonchev–Trinajstić information content (AvgIpc) is 2.94. The molecule has 0 aliphatic carbocycles. The number of hydrogen-bond donors (Lipinski definition) is 2. The number of para-hydroxylation sites is 1. The van der Waals surface area contributed by atoms with Gasteiger partial charge in [-0.2, -0.15) is 0 Å². The first kappa shape index (κ1) is 26.2. The van der Waals surface area contributed by atoms with Crippen molar-refractivity contribution in [3.8, 4) is 0 Å². The van der Waals surface area contributed by atoms with Gasteiger partial charge in [0.25, 0.3) is 0 Å². The zero-order chi connectivity index (χ0) is 26.2. The molecule has 0 bridgehead atoms. The van der Waals surface area contributed by atoms with Gasteiger partial charge in [-0.3, -0.25) is 14.5 Å². The van der Waals surface area contributed by atoms with E-state index in [9.17, 15) is 9.59 Å². The fourth-order valence-corrected chi connectivity index (χ4v) is 4.66. The van der Waals surface area contributed by atoms with Gasteiger partial charge in [-0.05, 0) is 53.9 Å². The van der Waals surface area contributed by atoms with E-state index in [1.54, 1.807) is 0 Å². The molecule has 1 saturated heterocycles. The van der Waals surface area contributed by atoms with Gasteiger partial charge in [0.05, 0.1) is 6.04 Å². The number of nitrogens with zero attached hydrogens (tertiary/aromatic N) is 3. The molecule has 1 fully saturated rings. The van der Waals surface area contributed by atoms with Gasteiger partial charge in [0.2, 0.25) is 0 Å². The van der Waals surface area contributed by atoms with Crippen LogP contribution in [0.2, 0.25) is 0 Å². The summed E-state index contributed by atoms with van der Waals surface area (Å²) >= 11 is 0. The molecule has 1 heterocycles. The summed E-state index contributed by atoms with van der Waals surface area (Å²) in [6.45, 7) is 5.96. The van der Waals surface area contributed by atoms with Gasteiger partial charge >= 0.3 is 11.8 Å². The molecule has 0 spiro atoms. The molecular formula is C30H37N5O2. The minimum atomic E-state index is -0.653. The number of nitrogens with one attached hydrogen (secondary N) is 2. The van der Waals surface area contributed by atoms with E-state index in [1.165, 1.54) is 11.3 Å². The molecule has 1 atom stereocenters. The highest BCUT2D eigenvalue weighted by atomic mass is 16.2. The Kier molecular flexibility index (Phi) is 8.80. The predicted octanol–water partition coefficient (Wildman–Crippen LogP) is 3.93. The van der Waals surface area contributed by atoms with Crippen molar-refractivity contribution in [2.75, 3.05) is 61.9 Å². The summed E-state index contributed by atoms with van der Waals surface area (Å²) in [5.41, 5.74) is 5.26. The second kappa shape index (κ2) is 12.4. The molecular weight excluding hydrogens is 462 g/mol. The normalized spacial score (nSPS) is 14.6. The Labute approximate surface area is 220 Å². The lowest BCUT2D eigenvalue weighted by Gasteiger charge is -2.40. The number of aryl methyl sites for hydroxylation is 1. The number of anilines is 3. The Morgan fingerprint density at radius 3 is 2.08 bits per heavy atom. The third kappa shape index (κ3) is 6.89. The molecule has 3 aromatic rings. The minimum Gasteiger partial charge on any atom is -0.378 e. The van der Waals surface area contributed by atoms with E-state index < -0.39 is 11.8 Å². The second-order valence-corrected chi connectivity index (χ2v) is 9.57. The molecule has 7 nitrogen and oxygen atoms in total. The van der Waals surface area contributed by atoms with Crippen LogP contribution in [0.3, 0.4) is 0 Å². The summed E-state index contributed by atoms with van der Waals surface area (Å²) in [5.74, 6) is -1.28. The van der Waals surface area contributed by atoms with Crippen LogP contribution in [0, 0.1) is 0 Å². The van der Waals surface area contributed by atoms with E-state index >= 15 is 0 Å². The van der Waals surface area contributed by atoms with Crippen molar-refractivity contribution in [1.82, 2.24) is 10.2 Å². The van der Waals surface area contributed by atoms with Crippen LogP contribution in [0.5, 0.6) is 0 Å². The number of piperazine rings is 1. The quantitative estimate of drug-likeness (QED) is 0.460. The lowest BCUT2D eigenvalue weighted by Crippen LogP contribution is -2.50. The minimum absolute atomic E-state index is 0.0327. The van der Waals surface area contributed by atoms with E-state index in [-0.39, 0.29) is 6.04 Å². The van der Waals surface area contributed by atoms with Gasteiger partial charge in [0, 0.05) is 63.9 Å². The van der Waals surface area contributed by atoms with Crippen LogP contribution in [0.4, 0.5) is 17.1 Å². The monoisotopic (exact) mass is 499 g/mol. The summed E-state index contributed by atoms with van der Waals surface area (Å²) in [6, 6.07) is 26.4. The maximum Gasteiger partial charge on any atom is 0.313 e. The molecule has 0 radical (unpaired) electrons. The topological polar surface area (TPSA) is 67.9 Å². The molecule has 7 heteroatoms. The Morgan fingerprint density at radius 1 is 0.838 bits per heavy atom. The molecule has 1 aliphatic heterocycles. The summed E-state index contributed by atoms with van der Waals surface area (Å²) in [5, 5.41) is 5.59. The SMILES string of the molecule is CCc1ccc(NC(=O)C(=O)NCC(c2ccc(N(C)C)cc2)N2CCN(c3ccccc3)CC2)cc1. The van der Waals surface area contributed by atoms with Crippen LogP contribution in [0.15, 0.2) is 78.9 Å². The van der Waals surface area contributed by atoms with Gasteiger partial charge in [-0.25, -0.2) is 0 Å². The van der Waals surface area contributed by atoms with Crippen LogP contribution < -0.4 is 20.4 Å². The van der Waals surface area contributed by atoms with Gasteiger partial charge in [-0.15, -0.1) is 0 Å². The van der Waals surface area contributed by atoms with Gasteiger partial charge < -0.3 is 20.4 Å². The fraction of sp³-hybridized carbons (Fsp3) is 0.333. The molecule has 194 valence electrons. The van der Waals surface area contributed by atoms with E-state index in [4.69, 9.17) is 0 Å². The third-order valence-corrected chi connectivity index (χ3v) is 6.95. The third-order valence-electron chi connectivity index (χ3n) is 6.95. The summed E-state index contributed by atoms with van der Waals surface area (Å²) in [6.07, 6.45) is 0.922. The maximum atomic E-state index is 12.7. The summed E-state index contributed by atoms with van der Waals surface area (Å²) in [4.78, 5) is 32.1. The highest BCUT2D eigenvalue weighted by Gasteiger charge is 2.27. The Bertz CT molecular complexity index is 1150. The maximum absolute atomic E-state index is 12.7. The molecule has 4 rings (SSSR count).